The predicted octanol–water partition coefficient (Wildman–Crippen LogP) is 2.49. The Morgan fingerprint density at radius 3 is 2.53 bits per heavy atom. The van der Waals surface area contributed by atoms with Gasteiger partial charge in [-0.2, -0.15) is 0 Å². The Kier molecular flexibility index (Phi) is 6.15. The highest BCUT2D eigenvalue weighted by Gasteiger charge is 2.05. The zero-order valence-electron chi connectivity index (χ0n) is 11.1. The Morgan fingerprint density at radius 2 is 1.94 bits per heavy atom. The fourth-order valence-corrected chi connectivity index (χ4v) is 1.62. The Balaban J connectivity index is 2.62. The first-order valence-corrected chi connectivity index (χ1v) is 6.31. The van der Waals surface area contributed by atoms with E-state index in [-0.39, 0.29) is 0 Å². The number of hydrogen-bond acceptors (Lipinski definition) is 1. The largest absolute Gasteiger partial charge is 0.357 e. The van der Waals surface area contributed by atoms with Crippen molar-refractivity contribution in [2.45, 2.75) is 26.8 Å². The van der Waals surface area contributed by atoms with Crippen LogP contribution in [0.5, 0.6) is 0 Å². The molecule has 94 valence electrons. The number of rotatable bonds is 5. The van der Waals surface area contributed by atoms with Crippen molar-refractivity contribution >= 4 is 5.96 Å². The quantitative estimate of drug-likeness (QED) is 0.625. The molecule has 0 saturated heterocycles. The number of hydrogen-bond donors (Lipinski definition) is 1. The molecule has 0 heterocycles. The van der Waals surface area contributed by atoms with E-state index in [0.29, 0.717) is 0 Å². The molecule has 3 heteroatoms. The molecule has 0 amide bonds. The maximum absolute atomic E-state index is 4.56. The molecular formula is C14H23N3. The van der Waals surface area contributed by atoms with Crippen LogP contribution in [-0.2, 0) is 6.54 Å². The van der Waals surface area contributed by atoms with Gasteiger partial charge in [-0.05, 0) is 18.9 Å². The summed E-state index contributed by atoms with van der Waals surface area (Å²) in [4.78, 5) is 6.72. The van der Waals surface area contributed by atoms with Crippen molar-refractivity contribution in [3.8, 4) is 0 Å². The lowest BCUT2D eigenvalue weighted by Gasteiger charge is -2.22. The summed E-state index contributed by atoms with van der Waals surface area (Å²) in [6.45, 7) is 6.90. The van der Waals surface area contributed by atoms with Crippen LogP contribution in [0.15, 0.2) is 35.3 Å². The first kappa shape index (κ1) is 13.6. The van der Waals surface area contributed by atoms with E-state index in [1.165, 1.54) is 5.56 Å². The number of benzene rings is 1. The molecule has 1 aromatic carbocycles. The van der Waals surface area contributed by atoms with E-state index in [2.05, 4.69) is 60.4 Å². The molecule has 0 aliphatic heterocycles. The first-order valence-electron chi connectivity index (χ1n) is 6.31. The number of nitrogens with one attached hydrogen (secondary N) is 1. The van der Waals surface area contributed by atoms with Crippen LogP contribution in [0.25, 0.3) is 0 Å². The molecule has 0 fully saturated rings. The highest BCUT2D eigenvalue weighted by molar-refractivity contribution is 5.79. The van der Waals surface area contributed by atoms with E-state index in [1.807, 2.05) is 6.07 Å². The molecule has 3 nitrogen and oxygen atoms in total. The van der Waals surface area contributed by atoms with Crippen LogP contribution >= 0.6 is 0 Å². The van der Waals surface area contributed by atoms with Gasteiger partial charge < -0.3 is 10.2 Å². The molecule has 17 heavy (non-hydrogen) atoms. The second-order valence-corrected chi connectivity index (χ2v) is 4.08. The molecule has 0 saturated carbocycles. The molecule has 0 unspecified atom stereocenters. The second-order valence-electron chi connectivity index (χ2n) is 4.08. The molecule has 0 aromatic heterocycles. The second kappa shape index (κ2) is 7.71. The third-order valence-electron chi connectivity index (χ3n) is 2.44. The summed E-state index contributed by atoms with van der Waals surface area (Å²) in [5.74, 6) is 0.984. The number of aliphatic imine (C=N–C) groups is 1. The summed E-state index contributed by atoms with van der Waals surface area (Å²) >= 11 is 0. The topological polar surface area (TPSA) is 27.6 Å². The summed E-state index contributed by atoms with van der Waals surface area (Å²) in [7, 11) is 2.07. The van der Waals surface area contributed by atoms with Gasteiger partial charge in [0.15, 0.2) is 5.96 Å². The summed E-state index contributed by atoms with van der Waals surface area (Å²) in [5, 5.41) is 3.31. The normalized spacial score (nSPS) is 11.4. The first-order chi connectivity index (χ1) is 8.27. The van der Waals surface area contributed by atoms with Crippen LogP contribution in [-0.4, -0.2) is 31.0 Å². The molecule has 1 N–H and O–H groups in total. The van der Waals surface area contributed by atoms with Crippen molar-refractivity contribution in [3.05, 3.63) is 35.9 Å². The molecule has 0 spiro atoms. The van der Waals surface area contributed by atoms with Gasteiger partial charge in [-0.3, -0.25) is 4.99 Å². The minimum atomic E-state index is 0.876. The molecule has 1 aromatic rings. The van der Waals surface area contributed by atoms with Gasteiger partial charge in [-0.25, -0.2) is 0 Å². The lowest BCUT2D eigenvalue weighted by molar-refractivity contribution is 0.477. The molecule has 0 aliphatic carbocycles. The Hall–Kier alpha value is -1.51. The molecule has 1 rings (SSSR count). The monoisotopic (exact) mass is 233 g/mol. The van der Waals surface area contributed by atoms with Gasteiger partial charge in [-0.15, -0.1) is 0 Å². The van der Waals surface area contributed by atoms with E-state index in [9.17, 15) is 0 Å². The molecule has 0 atom stereocenters. The van der Waals surface area contributed by atoms with Crippen LogP contribution < -0.4 is 5.32 Å². The summed E-state index contributed by atoms with van der Waals surface area (Å²) in [6.07, 6.45) is 1.08. The van der Waals surface area contributed by atoms with Gasteiger partial charge in [0, 0.05) is 26.7 Å². The van der Waals surface area contributed by atoms with Crippen molar-refractivity contribution in [3.63, 3.8) is 0 Å². The van der Waals surface area contributed by atoms with Crippen LogP contribution in [0.3, 0.4) is 0 Å². The minimum absolute atomic E-state index is 0.876. The van der Waals surface area contributed by atoms with Crippen molar-refractivity contribution in [1.82, 2.24) is 10.2 Å². The third-order valence-corrected chi connectivity index (χ3v) is 2.44. The van der Waals surface area contributed by atoms with E-state index in [1.54, 1.807) is 0 Å². The fraction of sp³-hybridized carbons (Fsp3) is 0.500. The summed E-state index contributed by atoms with van der Waals surface area (Å²) < 4.78 is 0. The Morgan fingerprint density at radius 1 is 1.24 bits per heavy atom. The van der Waals surface area contributed by atoms with Crippen molar-refractivity contribution in [2.75, 3.05) is 20.1 Å². The Bertz CT molecular complexity index is 333. The molecule has 0 aliphatic rings. The SMILES string of the molecule is CCCN=C(NCC)N(C)Cc1ccccc1. The van der Waals surface area contributed by atoms with Crippen molar-refractivity contribution in [1.29, 1.82) is 0 Å². The average molecular weight is 233 g/mol. The van der Waals surface area contributed by atoms with Crippen LogP contribution in [0, 0.1) is 0 Å². The van der Waals surface area contributed by atoms with Crippen molar-refractivity contribution < 1.29 is 0 Å². The van der Waals surface area contributed by atoms with Crippen LogP contribution in [0.1, 0.15) is 25.8 Å². The van der Waals surface area contributed by atoms with E-state index < -0.39 is 0 Å². The van der Waals surface area contributed by atoms with Gasteiger partial charge in [-0.1, -0.05) is 37.3 Å². The fourth-order valence-electron chi connectivity index (χ4n) is 1.62. The lowest BCUT2D eigenvalue weighted by Crippen LogP contribution is -2.38. The Labute approximate surface area is 105 Å². The highest BCUT2D eigenvalue weighted by atomic mass is 15.3. The van der Waals surface area contributed by atoms with Gasteiger partial charge in [0.05, 0.1) is 0 Å². The minimum Gasteiger partial charge on any atom is -0.357 e. The predicted molar refractivity (Wildman–Crippen MR) is 74.2 cm³/mol. The molecule has 0 bridgehead atoms. The number of guanidine groups is 1. The summed E-state index contributed by atoms with van der Waals surface area (Å²) in [5.41, 5.74) is 1.30. The number of nitrogens with zero attached hydrogens (tertiary/aromatic N) is 2. The van der Waals surface area contributed by atoms with E-state index in [4.69, 9.17) is 0 Å². The molecular weight excluding hydrogens is 210 g/mol. The summed E-state index contributed by atoms with van der Waals surface area (Å²) in [6, 6.07) is 10.5. The highest BCUT2D eigenvalue weighted by Crippen LogP contribution is 2.02. The van der Waals surface area contributed by atoms with Crippen molar-refractivity contribution in [2.24, 2.45) is 4.99 Å². The van der Waals surface area contributed by atoms with Gasteiger partial charge >= 0.3 is 0 Å². The zero-order valence-corrected chi connectivity index (χ0v) is 11.1. The maximum Gasteiger partial charge on any atom is 0.193 e. The zero-order chi connectivity index (χ0) is 12.5. The maximum atomic E-state index is 4.56. The smallest absolute Gasteiger partial charge is 0.193 e. The lowest BCUT2D eigenvalue weighted by atomic mass is 10.2. The average Bonchev–Trinajstić information content (AvgIpc) is 2.35. The van der Waals surface area contributed by atoms with Gasteiger partial charge in [0.1, 0.15) is 0 Å². The van der Waals surface area contributed by atoms with Gasteiger partial charge in [0.25, 0.3) is 0 Å². The van der Waals surface area contributed by atoms with Gasteiger partial charge in [0.2, 0.25) is 0 Å². The van der Waals surface area contributed by atoms with Crippen LogP contribution in [0.4, 0.5) is 0 Å². The molecule has 0 radical (unpaired) electrons. The van der Waals surface area contributed by atoms with E-state index in [0.717, 1.165) is 32.0 Å². The standard InChI is InChI=1S/C14H23N3/c1-4-11-16-14(15-5-2)17(3)12-13-9-7-6-8-10-13/h6-10H,4-5,11-12H2,1-3H3,(H,15,16). The third kappa shape index (κ3) is 4.89. The van der Waals surface area contributed by atoms with E-state index >= 15 is 0 Å². The van der Waals surface area contributed by atoms with Crippen LogP contribution in [0.2, 0.25) is 0 Å².